The molecule has 1 aromatic carbocycles. The molecule has 3 heterocycles. The Balaban J connectivity index is 1.62. The molecule has 0 aliphatic carbocycles. The van der Waals surface area contributed by atoms with E-state index in [1.165, 1.54) is 23.1 Å². The van der Waals surface area contributed by atoms with Crippen LogP contribution < -0.4 is 5.56 Å². The molecule has 1 saturated heterocycles. The Labute approximate surface area is 196 Å². The standard InChI is InChI=1S/C24H28N4O2S2/c1-4-11-28-23(30)21-19(16-20(32-21)18-9-7-6-8-10-18)25-24(28)31-17(3)22(29)27-14-12-26(5-2)13-15-27/h4,6-10,16-17H,1,5,11-15H2,2-3H3. The fraction of sp³-hybridized carbons (Fsp3) is 0.375. The van der Waals surface area contributed by atoms with Crippen LogP contribution in [0.3, 0.4) is 0 Å². The molecule has 4 rings (SSSR count). The maximum Gasteiger partial charge on any atom is 0.272 e. The number of carbonyl (C=O) groups excluding carboxylic acids is 1. The van der Waals surface area contributed by atoms with Crippen LogP contribution in [0.15, 0.2) is 59.0 Å². The first-order valence-corrected chi connectivity index (χ1v) is 12.6. The Morgan fingerprint density at radius 3 is 2.62 bits per heavy atom. The summed E-state index contributed by atoms with van der Waals surface area (Å²) in [5.74, 6) is 0.0977. The first-order chi connectivity index (χ1) is 15.5. The number of nitrogens with zero attached hydrogens (tertiary/aromatic N) is 4. The van der Waals surface area contributed by atoms with E-state index < -0.39 is 0 Å². The largest absolute Gasteiger partial charge is 0.339 e. The van der Waals surface area contributed by atoms with Crippen molar-refractivity contribution in [1.82, 2.24) is 19.4 Å². The van der Waals surface area contributed by atoms with Crippen molar-refractivity contribution in [3.63, 3.8) is 0 Å². The molecular formula is C24H28N4O2S2. The molecule has 6 nitrogen and oxygen atoms in total. The summed E-state index contributed by atoms with van der Waals surface area (Å²) in [6.45, 7) is 12.5. The molecule has 0 N–H and O–H groups in total. The van der Waals surface area contributed by atoms with Gasteiger partial charge in [-0.15, -0.1) is 17.9 Å². The minimum absolute atomic E-state index is 0.0826. The van der Waals surface area contributed by atoms with Crippen molar-refractivity contribution in [2.75, 3.05) is 32.7 Å². The third-order valence-corrected chi connectivity index (χ3v) is 7.97. The monoisotopic (exact) mass is 468 g/mol. The number of piperazine rings is 1. The quantitative estimate of drug-likeness (QED) is 0.299. The van der Waals surface area contributed by atoms with Gasteiger partial charge >= 0.3 is 0 Å². The average molecular weight is 469 g/mol. The molecule has 32 heavy (non-hydrogen) atoms. The molecule has 0 saturated carbocycles. The summed E-state index contributed by atoms with van der Waals surface area (Å²) in [6, 6.07) is 12.0. The van der Waals surface area contributed by atoms with Crippen LogP contribution in [0.5, 0.6) is 0 Å². The van der Waals surface area contributed by atoms with Gasteiger partial charge in [-0.3, -0.25) is 14.2 Å². The minimum Gasteiger partial charge on any atom is -0.339 e. The van der Waals surface area contributed by atoms with Gasteiger partial charge in [0.05, 0.1) is 10.8 Å². The Kier molecular flexibility index (Phi) is 7.13. The van der Waals surface area contributed by atoms with Crippen LogP contribution in [-0.2, 0) is 11.3 Å². The summed E-state index contributed by atoms with van der Waals surface area (Å²) in [6.07, 6.45) is 1.70. The molecule has 1 atom stereocenters. The van der Waals surface area contributed by atoms with Crippen LogP contribution in [0.4, 0.5) is 0 Å². The molecule has 1 fully saturated rings. The van der Waals surface area contributed by atoms with Crippen molar-refractivity contribution in [1.29, 1.82) is 0 Å². The highest BCUT2D eigenvalue weighted by Crippen LogP contribution is 2.32. The Morgan fingerprint density at radius 2 is 1.97 bits per heavy atom. The smallest absolute Gasteiger partial charge is 0.272 e. The molecular weight excluding hydrogens is 440 g/mol. The predicted molar refractivity (Wildman–Crippen MR) is 134 cm³/mol. The van der Waals surface area contributed by atoms with Gasteiger partial charge in [0.2, 0.25) is 5.91 Å². The zero-order chi connectivity index (χ0) is 22.7. The highest BCUT2D eigenvalue weighted by atomic mass is 32.2. The van der Waals surface area contributed by atoms with E-state index in [1.807, 2.05) is 48.2 Å². The molecule has 0 spiro atoms. The van der Waals surface area contributed by atoms with Crippen molar-refractivity contribution in [3.05, 3.63) is 59.4 Å². The van der Waals surface area contributed by atoms with Gasteiger partial charge in [0.25, 0.3) is 5.56 Å². The van der Waals surface area contributed by atoms with Gasteiger partial charge in [-0.05, 0) is 25.1 Å². The van der Waals surface area contributed by atoms with Crippen molar-refractivity contribution < 1.29 is 4.79 Å². The van der Waals surface area contributed by atoms with Gasteiger partial charge in [-0.1, -0.05) is 55.1 Å². The zero-order valence-electron chi connectivity index (χ0n) is 18.5. The maximum atomic E-state index is 13.3. The predicted octanol–water partition coefficient (Wildman–Crippen LogP) is 3.96. The summed E-state index contributed by atoms with van der Waals surface area (Å²) in [7, 11) is 0. The lowest BCUT2D eigenvalue weighted by atomic mass is 10.2. The molecule has 0 bridgehead atoms. The lowest BCUT2D eigenvalue weighted by molar-refractivity contribution is -0.132. The first-order valence-electron chi connectivity index (χ1n) is 10.9. The number of rotatable bonds is 7. The number of benzene rings is 1. The number of thiophene rings is 1. The van der Waals surface area contributed by atoms with E-state index in [4.69, 9.17) is 4.98 Å². The van der Waals surface area contributed by atoms with Gasteiger partial charge < -0.3 is 9.80 Å². The van der Waals surface area contributed by atoms with Gasteiger partial charge in [0, 0.05) is 37.6 Å². The van der Waals surface area contributed by atoms with Crippen LogP contribution >= 0.6 is 23.1 Å². The normalized spacial score (nSPS) is 15.8. The van der Waals surface area contributed by atoms with Crippen molar-refractivity contribution in [2.45, 2.75) is 30.8 Å². The fourth-order valence-corrected chi connectivity index (χ4v) is 5.92. The lowest BCUT2D eigenvalue weighted by Crippen LogP contribution is -2.50. The number of hydrogen-bond acceptors (Lipinski definition) is 6. The van der Waals surface area contributed by atoms with E-state index in [0.29, 0.717) is 21.9 Å². The molecule has 1 amide bonds. The number of likely N-dealkylation sites (N-methyl/N-ethyl adjacent to an activating group) is 1. The summed E-state index contributed by atoms with van der Waals surface area (Å²) >= 11 is 2.81. The number of carbonyl (C=O) groups is 1. The maximum absolute atomic E-state index is 13.3. The molecule has 2 aromatic heterocycles. The number of allylic oxidation sites excluding steroid dienone is 1. The average Bonchev–Trinajstić information content (AvgIpc) is 3.26. The SMILES string of the molecule is C=CCn1c(SC(C)C(=O)N2CCN(CC)CC2)nc2cc(-c3ccccc3)sc2c1=O. The van der Waals surface area contributed by atoms with E-state index in [0.717, 1.165) is 43.2 Å². The van der Waals surface area contributed by atoms with Gasteiger partial charge in [-0.2, -0.15) is 0 Å². The number of thioether (sulfide) groups is 1. The lowest BCUT2D eigenvalue weighted by Gasteiger charge is -2.35. The Morgan fingerprint density at radius 1 is 1.25 bits per heavy atom. The second-order valence-corrected chi connectivity index (χ2v) is 10.2. The van der Waals surface area contributed by atoms with Crippen LogP contribution in [0.2, 0.25) is 0 Å². The minimum atomic E-state index is -0.323. The molecule has 1 aliphatic rings. The highest BCUT2D eigenvalue weighted by molar-refractivity contribution is 8.00. The third kappa shape index (κ3) is 4.67. The Bertz CT molecular complexity index is 1160. The number of amides is 1. The molecule has 168 valence electrons. The zero-order valence-corrected chi connectivity index (χ0v) is 20.1. The molecule has 8 heteroatoms. The fourth-order valence-electron chi connectivity index (χ4n) is 3.87. The summed E-state index contributed by atoms with van der Waals surface area (Å²) < 4.78 is 2.26. The number of aromatic nitrogens is 2. The second-order valence-electron chi connectivity index (χ2n) is 7.81. The van der Waals surface area contributed by atoms with E-state index in [-0.39, 0.29) is 16.7 Å². The molecule has 1 unspecified atom stereocenters. The van der Waals surface area contributed by atoms with Gasteiger partial charge in [-0.25, -0.2) is 4.98 Å². The topological polar surface area (TPSA) is 58.4 Å². The van der Waals surface area contributed by atoms with E-state index in [2.05, 4.69) is 18.4 Å². The molecule has 3 aromatic rings. The number of fused-ring (bicyclic) bond motifs is 1. The van der Waals surface area contributed by atoms with Crippen molar-refractivity contribution >= 4 is 39.2 Å². The highest BCUT2D eigenvalue weighted by Gasteiger charge is 2.27. The van der Waals surface area contributed by atoms with E-state index in [9.17, 15) is 9.59 Å². The van der Waals surface area contributed by atoms with Gasteiger partial charge in [0.1, 0.15) is 4.70 Å². The van der Waals surface area contributed by atoms with Crippen LogP contribution in [0.25, 0.3) is 20.7 Å². The van der Waals surface area contributed by atoms with E-state index >= 15 is 0 Å². The molecule has 0 radical (unpaired) electrons. The molecule has 1 aliphatic heterocycles. The summed E-state index contributed by atoms with van der Waals surface area (Å²) in [5, 5.41) is 0.240. The van der Waals surface area contributed by atoms with Crippen LogP contribution in [0, 0.1) is 0 Å². The Hall–Kier alpha value is -2.42. The van der Waals surface area contributed by atoms with Crippen molar-refractivity contribution in [2.24, 2.45) is 0 Å². The van der Waals surface area contributed by atoms with Crippen molar-refractivity contribution in [3.8, 4) is 10.4 Å². The van der Waals surface area contributed by atoms with Crippen LogP contribution in [-0.4, -0.2) is 63.2 Å². The van der Waals surface area contributed by atoms with Gasteiger partial charge in [0.15, 0.2) is 5.16 Å². The van der Waals surface area contributed by atoms with Crippen LogP contribution in [0.1, 0.15) is 13.8 Å². The number of hydrogen-bond donors (Lipinski definition) is 0. The summed E-state index contributed by atoms with van der Waals surface area (Å²) in [4.78, 5) is 36.4. The van der Waals surface area contributed by atoms with E-state index in [1.54, 1.807) is 10.6 Å². The summed E-state index contributed by atoms with van der Waals surface area (Å²) in [5.41, 5.74) is 1.66. The first kappa shape index (κ1) is 22.8. The second kappa shape index (κ2) is 10.0. The third-order valence-electron chi connectivity index (χ3n) is 5.73.